The molecule has 4 rings (SSSR count). The first-order chi connectivity index (χ1) is 13.7. The van der Waals surface area contributed by atoms with Crippen LogP contribution in [0, 0.1) is 57.8 Å². The predicted molar refractivity (Wildman–Crippen MR) is 94.8 cm³/mol. The number of hydrogen-bond acceptors (Lipinski definition) is 4. The lowest BCUT2D eigenvalue weighted by Crippen LogP contribution is -2.30. The van der Waals surface area contributed by atoms with Crippen molar-refractivity contribution < 1.29 is 14.7 Å². The minimum atomic E-state index is -1.35. The first kappa shape index (κ1) is 18.7. The summed E-state index contributed by atoms with van der Waals surface area (Å²) in [5.74, 6) is -2.52. The Balaban J connectivity index is 1.47. The molecule has 2 aromatic carbocycles. The van der Waals surface area contributed by atoms with E-state index in [2.05, 4.69) is 57.1 Å². The summed E-state index contributed by atoms with van der Waals surface area (Å²) in [5, 5.41) is 15.0. The third kappa shape index (κ3) is 4.09. The number of benzene rings is 2. The third-order valence-corrected chi connectivity index (χ3v) is 3.91. The molecule has 0 unspecified atom stereocenters. The maximum Gasteiger partial charge on any atom is 0.361 e. The first-order valence-corrected chi connectivity index (χ1v) is 8.21. The van der Waals surface area contributed by atoms with E-state index in [0.717, 1.165) is 27.2 Å². The fourth-order valence-electron chi connectivity index (χ4n) is 2.64. The number of fused-ring (bicyclic) bond motifs is 2. The summed E-state index contributed by atoms with van der Waals surface area (Å²) in [6.07, 6.45) is 11.1. The molecule has 1 saturated heterocycles. The molecule has 1 fully saturated rings. The Morgan fingerprint density at radius 2 is 1.68 bits per heavy atom. The lowest BCUT2D eigenvalue weighted by atomic mass is 9.98. The Kier molecular flexibility index (Phi) is 5.72. The topological polar surface area (TPSA) is 61.8 Å². The second-order valence-electron chi connectivity index (χ2n) is 5.68. The molecule has 0 saturated carbocycles. The van der Waals surface area contributed by atoms with E-state index in [0.29, 0.717) is 5.71 Å². The van der Waals surface area contributed by atoms with Gasteiger partial charge in [0, 0.05) is 36.8 Å². The van der Waals surface area contributed by atoms with Crippen LogP contribution in [0.4, 0.5) is 0 Å². The molecule has 0 amide bonds. The van der Waals surface area contributed by atoms with Crippen molar-refractivity contribution in [2.45, 2.75) is 0 Å². The van der Waals surface area contributed by atoms with Crippen LogP contribution >= 0.6 is 0 Å². The van der Waals surface area contributed by atoms with Crippen LogP contribution in [0.2, 0.25) is 0 Å². The maximum absolute atomic E-state index is 10.9. The van der Waals surface area contributed by atoms with Crippen LogP contribution in [0.3, 0.4) is 0 Å². The van der Waals surface area contributed by atoms with Gasteiger partial charge in [0.05, 0.1) is 19.0 Å². The van der Waals surface area contributed by atoms with Gasteiger partial charge in [0.15, 0.2) is 0 Å². The molecule has 129 valence electrons. The molecule has 0 spiro atoms. The molecule has 1 atom stereocenters. The summed E-state index contributed by atoms with van der Waals surface area (Å²) < 4.78 is 0. The van der Waals surface area contributed by atoms with Gasteiger partial charge >= 0.3 is 5.97 Å². The van der Waals surface area contributed by atoms with Gasteiger partial charge in [0.25, 0.3) is 6.61 Å². The molecule has 1 aliphatic heterocycles. The Hall–Kier alpha value is -2.66. The molecule has 2 aromatic rings. The van der Waals surface area contributed by atoms with Gasteiger partial charge in [-0.05, 0) is 11.1 Å². The molecule has 5 heteroatoms. The average Bonchev–Trinajstić information content (AvgIpc) is 2.88. The highest BCUT2D eigenvalue weighted by Crippen LogP contribution is 2.28. The minimum absolute atomic E-state index is 0.588. The molecule has 2 aliphatic rings. The Labute approximate surface area is 165 Å². The van der Waals surface area contributed by atoms with E-state index >= 15 is 0 Å². The van der Waals surface area contributed by atoms with Gasteiger partial charge in [0.2, 0.25) is 0 Å². The first-order valence-electron chi connectivity index (χ1n) is 8.21. The van der Waals surface area contributed by atoms with Crippen molar-refractivity contribution in [1.82, 2.24) is 4.90 Å². The molecule has 28 heavy (non-hydrogen) atoms. The fourth-order valence-corrected chi connectivity index (χ4v) is 2.64. The van der Waals surface area contributed by atoms with Gasteiger partial charge in [-0.2, -0.15) is 0 Å². The lowest BCUT2D eigenvalue weighted by Gasteiger charge is -2.24. The molecule has 0 aromatic heterocycles. The number of piperidine rings is 1. The van der Waals surface area contributed by atoms with Crippen molar-refractivity contribution in [2.24, 2.45) is 11.1 Å². The summed E-state index contributed by atoms with van der Waals surface area (Å²) in [7, 11) is 0. The Bertz CT molecular complexity index is 828. The summed E-state index contributed by atoms with van der Waals surface area (Å²) in [5.41, 5.74) is 3.92. The molecule has 17 radical (unpaired) electrons. The van der Waals surface area contributed by atoms with Gasteiger partial charge in [-0.3, -0.25) is 4.90 Å². The number of oxime groups is 1. The Morgan fingerprint density at radius 1 is 1.04 bits per heavy atom. The summed E-state index contributed by atoms with van der Waals surface area (Å²) in [4.78, 5) is 17.1. The molecule has 1 heterocycles. The SMILES string of the molecule is [O]C(=O)[C@@H]1[C][C][C]N([C][C]ON=C2c3ccccc3[C][C]c3ccccc32)[C]1. The number of hydrogen-bond donors (Lipinski definition) is 0. The zero-order valence-electron chi connectivity index (χ0n) is 14.3. The number of likely N-dealkylation sites (tertiary alicyclic amines) is 1. The lowest BCUT2D eigenvalue weighted by molar-refractivity contribution is -0.146. The fraction of sp³-hybridized carbons (Fsp3) is 0.0435. The van der Waals surface area contributed by atoms with Gasteiger partial charge in [0.1, 0.15) is 12.3 Å². The molecule has 1 aliphatic carbocycles. The predicted octanol–water partition coefficient (Wildman–Crippen LogP) is 2.53. The van der Waals surface area contributed by atoms with Crippen molar-refractivity contribution in [3.63, 3.8) is 0 Å². The van der Waals surface area contributed by atoms with Crippen molar-refractivity contribution in [1.29, 1.82) is 0 Å². The number of nitrogens with zero attached hydrogens (tertiary/aromatic N) is 2. The van der Waals surface area contributed by atoms with E-state index in [9.17, 15) is 9.90 Å². The van der Waals surface area contributed by atoms with E-state index in [4.69, 9.17) is 4.84 Å². The maximum atomic E-state index is 10.9. The number of rotatable bonds is 5. The summed E-state index contributed by atoms with van der Waals surface area (Å²) in [6, 6.07) is 15.3. The molecular weight excluding hydrogens is 352 g/mol. The highest BCUT2D eigenvalue weighted by Gasteiger charge is 2.30. The third-order valence-electron chi connectivity index (χ3n) is 3.91. The summed E-state index contributed by atoms with van der Waals surface area (Å²) >= 11 is 0. The molecule has 5 nitrogen and oxygen atoms in total. The number of carbonyl (C=O) groups excluding carboxylic acids is 1. The second kappa shape index (κ2) is 8.57. The number of carbonyl (C=O) groups is 1. The van der Waals surface area contributed by atoms with Crippen LogP contribution < -0.4 is 0 Å². The zero-order chi connectivity index (χ0) is 19.3. The largest absolute Gasteiger partial charge is 0.377 e. The van der Waals surface area contributed by atoms with Crippen LogP contribution in [0.5, 0.6) is 0 Å². The van der Waals surface area contributed by atoms with E-state index in [1.54, 1.807) is 0 Å². The van der Waals surface area contributed by atoms with E-state index in [-0.39, 0.29) is 0 Å². The van der Waals surface area contributed by atoms with Crippen LogP contribution in [-0.2, 0) is 14.7 Å². The normalized spacial score (nSPS) is 19.3. The van der Waals surface area contributed by atoms with Crippen LogP contribution in [0.1, 0.15) is 22.3 Å². The van der Waals surface area contributed by atoms with Gasteiger partial charge < -0.3 is 4.84 Å². The van der Waals surface area contributed by atoms with Gasteiger partial charge in [-0.1, -0.05) is 53.7 Å². The molecular formula is C23H9N2O3. The highest BCUT2D eigenvalue weighted by molar-refractivity contribution is 6.15. The van der Waals surface area contributed by atoms with E-state index in [1.807, 2.05) is 48.5 Å². The molecule has 0 bridgehead atoms. The van der Waals surface area contributed by atoms with Crippen LogP contribution in [-0.4, -0.2) is 16.6 Å². The van der Waals surface area contributed by atoms with Crippen molar-refractivity contribution >= 4 is 11.7 Å². The van der Waals surface area contributed by atoms with E-state index in [1.165, 1.54) is 0 Å². The standard InChI is InChI=1S/C23H9N2O3/c26-23(27)19-8-5-13-25(16-19)14-15-28-24-22-20-9-3-1-6-17(20)11-12-18-7-2-4-10-21(18)22/h1-4,6-7,9-10,19H/t19-/m1/s1. The summed E-state index contributed by atoms with van der Waals surface area (Å²) in [6.45, 7) is 9.93. The van der Waals surface area contributed by atoms with Crippen molar-refractivity contribution in [2.75, 3.05) is 0 Å². The van der Waals surface area contributed by atoms with Crippen LogP contribution in [0.25, 0.3) is 0 Å². The van der Waals surface area contributed by atoms with Crippen molar-refractivity contribution in [3.8, 4) is 0 Å². The average molecular weight is 361 g/mol. The zero-order valence-corrected chi connectivity index (χ0v) is 14.3. The van der Waals surface area contributed by atoms with Crippen LogP contribution in [0.15, 0.2) is 53.7 Å². The van der Waals surface area contributed by atoms with E-state index < -0.39 is 11.9 Å². The monoisotopic (exact) mass is 361 g/mol. The van der Waals surface area contributed by atoms with Gasteiger partial charge in [-0.25, -0.2) is 9.90 Å². The Morgan fingerprint density at radius 3 is 2.32 bits per heavy atom. The smallest absolute Gasteiger partial charge is 0.361 e. The second-order valence-corrected chi connectivity index (χ2v) is 5.68. The van der Waals surface area contributed by atoms with Gasteiger partial charge in [-0.15, -0.1) is 0 Å². The van der Waals surface area contributed by atoms with Crippen molar-refractivity contribution in [3.05, 3.63) is 123 Å². The highest BCUT2D eigenvalue weighted by atomic mass is 16.6. The quantitative estimate of drug-likeness (QED) is 0.607. The minimum Gasteiger partial charge on any atom is -0.377 e. The molecule has 0 N–H and O–H groups in total.